The third-order valence-electron chi connectivity index (χ3n) is 2.46. The van der Waals surface area contributed by atoms with Gasteiger partial charge in [0.15, 0.2) is 0 Å². The van der Waals surface area contributed by atoms with Crippen molar-refractivity contribution in [1.29, 1.82) is 0 Å². The Labute approximate surface area is 122 Å². The smallest absolute Gasteiger partial charge is 0.317 e. The maximum Gasteiger partial charge on any atom is 0.317 e. The summed E-state index contributed by atoms with van der Waals surface area (Å²) in [5, 5.41) is 0. The molecule has 7 heteroatoms. The molecule has 0 spiro atoms. The molecule has 1 aromatic heterocycles. The number of benzene rings is 1. The normalized spacial score (nSPS) is 11.1. The first-order valence-corrected chi connectivity index (χ1v) is 9.11. The summed E-state index contributed by atoms with van der Waals surface area (Å²) in [6.45, 7) is 2.22. The van der Waals surface area contributed by atoms with Crippen molar-refractivity contribution in [3.63, 3.8) is 0 Å². The van der Waals surface area contributed by atoms with Crippen LogP contribution in [0, 0.1) is 0 Å². The van der Waals surface area contributed by atoms with Crippen LogP contribution in [0.1, 0.15) is 32.0 Å². The number of aromatic nitrogens is 2. The van der Waals surface area contributed by atoms with E-state index in [2.05, 4.69) is 50.4 Å². The molecule has 106 valence electrons. The number of aryl methyl sites for hydroxylation is 1. The van der Waals surface area contributed by atoms with Crippen molar-refractivity contribution in [3.05, 3.63) is 30.1 Å². The fraction of sp³-hybridized carbons (Fsp3) is 0.417. The van der Waals surface area contributed by atoms with Crippen molar-refractivity contribution < 1.29 is 8.42 Å². The van der Waals surface area contributed by atoms with Gasteiger partial charge in [-0.05, 0) is 18.6 Å². The number of imidazole rings is 1. The third kappa shape index (κ3) is 7.40. The number of para-hydroxylation sites is 2. The maximum atomic E-state index is 9.16. The Kier molecular flexibility index (Phi) is 6.62. The largest absolute Gasteiger partial charge is 0.342 e. The number of unbranched alkanes of at least 4 members (excludes halogenated alkanes) is 2. The number of nitrogens with one attached hydrogen (secondary N) is 1. The Hall–Kier alpha value is -0.780. The van der Waals surface area contributed by atoms with Crippen LogP contribution in [-0.4, -0.2) is 18.4 Å². The molecule has 0 saturated carbocycles. The maximum absolute atomic E-state index is 9.16. The Morgan fingerprint density at radius 1 is 1.21 bits per heavy atom. The molecule has 2 aromatic rings. The van der Waals surface area contributed by atoms with Crippen LogP contribution >= 0.6 is 21.4 Å². The highest BCUT2D eigenvalue weighted by atomic mass is 36.0. The molecule has 0 atom stereocenters. The van der Waals surface area contributed by atoms with Crippen LogP contribution in [0.3, 0.4) is 0 Å². The molecule has 4 nitrogen and oxygen atoms in total. The van der Waals surface area contributed by atoms with E-state index in [1.807, 2.05) is 12.1 Å². The molecule has 0 bridgehead atoms. The molecule has 19 heavy (non-hydrogen) atoms. The minimum Gasteiger partial charge on any atom is -0.342 e. The zero-order valence-electron chi connectivity index (χ0n) is 10.6. The Bertz CT molecular complexity index is 570. The lowest BCUT2D eigenvalue weighted by Gasteiger charge is -1.93. The lowest BCUT2D eigenvalue weighted by atomic mass is 10.2. The Morgan fingerprint density at radius 2 is 1.84 bits per heavy atom. The first kappa shape index (κ1) is 16.3. The van der Waals surface area contributed by atoms with Crippen molar-refractivity contribution in [2.45, 2.75) is 32.6 Å². The van der Waals surface area contributed by atoms with E-state index < -0.39 is 8.26 Å². The molecule has 1 aromatic carbocycles. The van der Waals surface area contributed by atoms with Crippen molar-refractivity contribution in [2.24, 2.45) is 0 Å². The predicted octanol–water partition coefficient (Wildman–Crippen LogP) is 4.00. The van der Waals surface area contributed by atoms with Crippen LogP contribution in [0.2, 0.25) is 0 Å². The summed E-state index contributed by atoms with van der Waals surface area (Å²) >= 11 is 0. The monoisotopic (exact) mass is 322 g/mol. The van der Waals surface area contributed by atoms with Crippen LogP contribution in [-0.2, 0) is 14.7 Å². The second-order valence-electron chi connectivity index (χ2n) is 4.04. The van der Waals surface area contributed by atoms with Gasteiger partial charge in [-0.25, -0.2) is 4.98 Å². The van der Waals surface area contributed by atoms with Gasteiger partial charge in [0.2, 0.25) is 0 Å². The zero-order chi connectivity index (χ0) is 14.3. The Balaban J connectivity index is 0.000000312. The number of nitrogens with zero attached hydrogens (tertiary/aromatic N) is 1. The molecule has 2 rings (SSSR count). The van der Waals surface area contributed by atoms with Gasteiger partial charge >= 0.3 is 8.26 Å². The number of aromatic amines is 1. The lowest BCUT2D eigenvalue weighted by Crippen LogP contribution is -1.87. The summed E-state index contributed by atoms with van der Waals surface area (Å²) in [6.07, 6.45) is 4.86. The van der Waals surface area contributed by atoms with E-state index in [0.29, 0.717) is 0 Å². The quantitative estimate of drug-likeness (QED) is 0.683. The second kappa shape index (κ2) is 7.72. The standard InChI is InChI=1S/C12H16N2.Cl2O2S/c1-2-3-4-9-12-13-10-7-5-6-8-11(10)14-12;1-5(2,3)4/h5-8H,2-4,9H2,1H3,(H,13,14);. The minimum absolute atomic E-state index is 1.07. The minimum atomic E-state index is -3.72. The van der Waals surface area contributed by atoms with Gasteiger partial charge in [0.1, 0.15) is 5.82 Å². The lowest BCUT2D eigenvalue weighted by molar-refractivity contribution is 0.621. The van der Waals surface area contributed by atoms with Crippen LogP contribution in [0.25, 0.3) is 11.0 Å². The summed E-state index contributed by atoms with van der Waals surface area (Å²) in [5.41, 5.74) is 2.23. The van der Waals surface area contributed by atoms with Gasteiger partial charge in [-0.15, -0.1) is 0 Å². The molecule has 0 aliphatic rings. The van der Waals surface area contributed by atoms with E-state index in [4.69, 9.17) is 8.42 Å². The van der Waals surface area contributed by atoms with Gasteiger partial charge in [-0.1, -0.05) is 31.9 Å². The average Bonchev–Trinajstić information content (AvgIpc) is 2.69. The summed E-state index contributed by atoms with van der Waals surface area (Å²) in [6, 6.07) is 8.19. The first-order chi connectivity index (χ1) is 8.90. The zero-order valence-corrected chi connectivity index (χ0v) is 12.9. The number of halogens is 2. The fourth-order valence-electron chi connectivity index (χ4n) is 1.67. The first-order valence-electron chi connectivity index (χ1n) is 5.98. The SMILES string of the molecule is CCCCCc1nc2ccccc2[nH]1.O=S(=O)(Cl)Cl. The highest BCUT2D eigenvalue weighted by molar-refractivity contribution is 8.31. The van der Waals surface area contributed by atoms with Gasteiger partial charge in [0.05, 0.1) is 11.0 Å². The molecule has 0 radical (unpaired) electrons. The molecule has 1 heterocycles. The van der Waals surface area contributed by atoms with Gasteiger partial charge in [-0.3, -0.25) is 0 Å². The molecular formula is C12H16Cl2N2O2S. The average molecular weight is 323 g/mol. The van der Waals surface area contributed by atoms with Crippen LogP contribution in [0.15, 0.2) is 24.3 Å². The van der Waals surface area contributed by atoms with Crippen molar-refractivity contribution >= 4 is 40.7 Å². The van der Waals surface area contributed by atoms with E-state index in [-0.39, 0.29) is 0 Å². The molecule has 1 N–H and O–H groups in total. The van der Waals surface area contributed by atoms with Crippen LogP contribution in [0.4, 0.5) is 0 Å². The van der Waals surface area contributed by atoms with Crippen LogP contribution in [0.5, 0.6) is 0 Å². The van der Waals surface area contributed by atoms with Crippen molar-refractivity contribution in [3.8, 4) is 0 Å². The van der Waals surface area contributed by atoms with Gasteiger partial charge < -0.3 is 4.98 Å². The number of hydrogen-bond acceptors (Lipinski definition) is 3. The Morgan fingerprint density at radius 3 is 2.42 bits per heavy atom. The molecule has 0 aliphatic heterocycles. The summed E-state index contributed by atoms with van der Waals surface area (Å²) in [7, 11) is 4.81. The van der Waals surface area contributed by atoms with Crippen molar-refractivity contribution in [2.75, 3.05) is 0 Å². The van der Waals surface area contributed by atoms with E-state index in [0.717, 1.165) is 23.3 Å². The molecule has 0 unspecified atom stereocenters. The van der Waals surface area contributed by atoms with Crippen molar-refractivity contribution in [1.82, 2.24) is 9.97 Å². The number of H-pyrrole nitrogens is 1. The number of hydrogen-bond donors (Lipinski definition) is 1. The van der Waals surface area contributed by atoms with E-state index in [9.17, 15) is 0 Å². The summed E-state index contributed by atoms with van der Waals surface area (Å²) < 4.78 is 18.3. The molecular weight excluding hydrogens is 307 g/mol. The summed E-state index contributed by atoms with van der Waals surface area (Å²) in [4.78, 5) is 7.87. The van der Waals surface area contributed by atoms with Gasteiger partial charge in [-0.2, -0.15) is 8.42 Å². The fourth-order valence-corrected chi connectivity index (χ4v) is 1.67. The topological polar surface area (TPSA) is 62.8 Å². The second-order valence-corrected chi connectivity index (χ2v) is 7.70. The van der Waals surface area contributed by atoms with Gasteiger partial charge in [0.25, 0.3) is 0 Å². The highest BCUT2D eigenvalue weighted by Gasteiger charge is 2.00. The number of rotatable bonds is 4. The highest BCUT2D eigenvalue weighted by Crippen LogP contribution is 2.12. The predicted molar refractivity (Wildman–Crippen MR) is 79.9 cm³/mol. The van der Waals surface area contributed by atoms with E-state index >= 15 is 0 Å². The van der Waals surface area contributed by atoms with E-state index in [1.165, 1.54) is 19.3 Å². The van der Waals surface area contributed by atoms with Crippen LogP contribution < -0.4 is 0 Å². The van der Waals surface area contributed by atoms with Gasteiger partial charge in [0, 0.05) is 27.8 Å². The molecule has 0 fully saturated rings. The molecule has 0 amide bonds. The molecule has 0 saturated heterocycles. The summed E-state index contributed by atoms with van der Waals surface area (Å²) in [5.74, 6) is 1.12. The van der Waals surface area contributed by atoms with E-state index in [1.54, 1.807) is 0 Å². The third-order valence-corrected chi connectivity index (χ3v) is 2.46. The molecule has 0 aliphatic carbocycles. The number of fused-ring (bicyclic) bond motifs is 1.